The molecule has 0 radical (unpaired) electrons. The van der Waals surface area contributed by atoms with Gasteiger partial charge in [-0.2, -0.15) is 0 Å². The molecule has 1 saturated heterocycles. The summed E-state index contributed by atoms with van der Waals surface area (Å²) in [5.74, 6) is 0.297. The van der Waals surface area contributed by atoms with Crippen LogP contribution in [-0.2, 0) is 16.0 Å². The van der Waals surface area contributed by atoms with Gasteiger partial charge in [0.05, 0.1) is 6.04 Å². The molecule has 1 aliphatic heterocycles. The number of hydrazine groups is 1. The number of rotatable bonds is 10. The second-order valence-corrected chi connectivity index (χ2v) is 12.5. The molecule has 208 valence electrons. The maximum absolute atomic E-state index is 13.7. The van der Waals surface area contributed by atoms with Gasteiger partial charge in [0.2, 0.25) is 5.91 Å². The highest BCUT2D eigenvalue weighted by atomic mass is 35.5. The second-order valence-electron chi connectivity index (χ2n) is 12.0. The minimum absolute atomic E-state index is 0.0254. The van der Waals surface area contributed by atoms with E-state index in [-0.39, 0.29) is 23.4 Å². The summed E-state index contributed by atoms with van der Waals surface area (Å²) in [6.07, 6.45) is 8.09. The molecule has 0 aromatic heterocycles. The van der Waals surface area contributed by atoms with Crippen LogP contribution in [0.2, 0.25) is 5.02 Å². The molecule has 0 spiro atoms. The van der Waals surface area contributed by atoms with E-state index in [1.807, 2.05) is 43.4 Å². The number of hydrogen-bond acceptors (Lipinski definition) is 5. The average Bonchev–Trinajstić information content (AvgIpc) is 2.84. The maximum Gasteiger partial charge on any atom is 0.251 e. The van der Waals surface area contributed by atoms with Crippen LogP contribution in [0, 0.1) is 5.92 Å². The predicted molar refractivity (Wildman–Crippen MR) is 151 cm³/mol. The summed E-state index contributed by atoms with van der Waals surface area (Å²) in [6, 6.07) is 7.69. The monoisotopic (exact) mass is 533 g/mol. The van der Waals surface area contributed by atoms with Gasteiger partial charge in [0.25, 0.3) is 5.91 Å². The van der Waals surface area contributed by atoms with Gasteiger partial charge < -0.3 is 15.1 Å². The number of carbonyl (C=O) groups is 2. The summed E-state index contributed by atoms with van der Waals surface area (Å²) in [7, 11) is 4.05. The largest absolute Gasteiger partial charge is 0.335 e. The lowest BCUT2D eigenvalue weighted by molar-refractivity contribution is -0.146. The molecule has 7 nitrogen and oxygen atoms in total. The van der Waals surface area contributed by atoms with Crippen LogP contribution in [0.1, 0.15) is 71.3 Å². The van der Waals surface area contributed by atoms with Crippen LogP contribution in [0.15, 0.2) is 24.3 Å². The Balaban J connectivity index is 1.56. The van der Waals surface area contributed by atoms with E-state index < -0.39 is 0 Å². The molecule has 1 aliphatic carbocycles. The third-order valence-electron chi connectivity index (χ3n) is 7.63. The number of benzene rings is 1. The molecule has 8 heteroatoms. The fourth-order valence-electron chi connectivity index (χ4n) is 5.64. The van der Waals surface area contributed by atoms with Crippen LogP contribution in [0.5, 0.6) is 0 Å². The zero-order valence-electron chi connectivity index (χ0n) is 23.6. The van der Waals surface area contributed by atoms with Crippen molar-refractivity contribution in [2.75, 3.05) is 40.3 Å². The Morgan fingerprint density at radius 3 is 2.22 bits per heavy atom. The third kappa shape index (κ3) is 9.24. The number of carbonyl (C=O) groups excluding carboxylic acids is 2. The SMILES string of the molecule is CN(C)CCN[C@H](Cc1ccc(Cl)cc1)C(=O)NN1CCC(C(=O)N(C2CCCCC2)C(C)(C)C)CC1. The molecular weight excluding hydrogens is 486 g/mol. The van der Waals surface area contributed by atoms with Gasteiger partial charge in [-0.3, -0.25) is 15.0 Å². The van der Waals surface area contributed by atoms with Crippen molar-refractivity contribution in [3.05, 3.63) is 34.9 Å². The molecule has 3 rings (SSSR count). The summed E-state index contributed by atoms with van der Waals surface area (Å²) in [5, 5.41) is 6.11. The lowest BCUT2D eigenvalue weighted by atomic mass is 9.87. The van der Waals surface area contributed by atoms with Crippen molar-refractivity contribution in [1.29, 1.82) is 0 Å². The number of nitrogens with zero attached hydrogens (tertiary/aromatic N) is 3. The van der Waals surface area contributed by atoms with Gasteiger partial charge in [-0.25, -0.2) is 5.01 Å². The Kier molecular flexibility index (Phi) is 11.2. The van der Waals surface area contributed by atoms with Gasteiger partial charge >= 0.3 is 0 Å². The molecular formula is C29H48ClN5O2. The van der Waals surface area contributed by atoms with Crippen LogP contribution in [-0.4, -0.2) is 84.5 Å². The third-order valence-corrected chi connectivity index (χ3v) is 7.88. The van der Waals surface area contributed by atoms with Gasteiger partial charge in [0.15, 0.2) is 0 Å². The first kappa shape index (κ1) is 29.9. The van der Waals surface area contributed by atoms with Crippen LogP contribution in [0.3, 0.4) is 0 Å². The van der Waals surface area contributed by atoms with Gasteiger partial charge in [0.1, 0.15) is 0 Å². The highest BCUT2D eigenvalue weighted by molar-refractivity contribution is 6.30. The van der Waals surface area contributed by atoms with E-state index in [4.69, 9.17) is 11.6 Å². The Hall–Kier alpha value is -1.67. The Labute approximate surface area is 229 Å². The molecule has 1 aromatic rings. The lowest BCUT2D eigenvalue weighted by Crippen LogP contribution is -2.57. The quantitative estimate of drug-likeness (QED) is 0.474. The van der Waals surface area contributed by atoms with E-state index in [0.717, 1.165) is 44.3 Å². The Morgan fingerprint density at radius 2 is 1.65 bits per heavy atom. The van der Waals surface area contributed by atoms with Gasteiger partial charge in [-0.1, -0.05) is 43.0 Å². The highest BCUT2D eigenvalue weighted by Gasteiger charge is 2.38. The summed E-state index contributed by atoms with van der Waals surface area (Å²) >= 11 is 6.05. The number of hydrogen-bond donors (Lipinski definition) is 2. The van der Waals surface area contributed by atoms with Crippen LogP contribution in [0.25, 0.3) is 0 Å². The molecule has 1 heterocycles. The zero-order chi connectivity index (χ0) is 27.0. The average molecular weight is 534 g/mol. The van der Waals surface area contributed by atoms with E-state index in [0.29, 0.717) is 36.5 Å². The topological polar surface area (TPSA) is 67.9 Å². The van der Waals surface area contributed by atoms with Gasteiger partial charge in [-0.15, -0.1) is 0 Å². The minimum atomic E-state index is -0.344. The molecule has 1 saturated carbocycles. The molecule has 1 aromatic carbocycles. The van der Waals surface area contributed by atoms with Crippen molar-refractivity contribution in [1.82, 2.24) is 25.6 Å². The maximum atomic E-state index is 13.7. The summed E-state index contributed by atoms with van der Waals surface area (Å²) in [4.78, 5) is 31.3. The fraction of sp³-hybridized carbons (Fsp3) is 0.724. The number of amides is 2. The lowest BCUT2D eigenvalue weighted by Gasteiger charge is -2.46. The highest BCUT2D eigenvalue weighted by Crippen LogP contribution is 2.31. The van der Waals surface area contributed by atoms with Gasteiger partial charge in [-0.05, 0) is 84.7 Å². The standard InChI is InChI=1S/C29H48ClN5O2/c1-29(2,3)35(25-9-7-6-8-10-25)28(37)23-15-18-34(19-16-23)32-27(36)26(31-17-20-33(4)5)21-22-11-13-24(30)14-12-22/h11-14,23,25-26,31H,6-10,15-21H2,1-5H3,(H,32,36)/t26-/m1/s1. The van der Waals surface area contributed by atoms with Crippen molar-refractivity contribution in [3.8, 4) is 0 Å². The molecule has 0 bridgehead atoms. The number of likely N-dealkylation sites (N-methyl/N-ethyl adjacent to an activating group) is 1. The van der Waals surface area contributed by atoms with Crippen molar-refractivity contribution in [2.45, 2.75) is 89.8 Å². The van der Waals surface area contributed by atoms with E-state index in [1.165, 1.54) is 19.3 Å². The van der Waals surface area contributed by atoms with E-state index >= 15 is 0 Å². The smallest absolute Gasteiger partial charge is 0.251 e. The van der Waals surface area contributed by atoms with Crippen LogP contribution >= 0.6 is 11.6 Å². The van der Waals surface area contributed by atoms with Crippen LogP contribution in [0.4, 0.5) is 0 Å². The molecule has 1 atom stereocenters. The second kappa shape index (κ2) is 13.9. The fourth-order valence-corrected chi connectivity index (χ4v) is 5.77. The number of piperidine rings is 1. The Morgan fingerprint density at radius 1 is 1.03 bits per heavy atom. The summed E-state index contributed by atoms with van der Waals surface area (Å²) < 4.78 is 0. The molecule has 2 fully saturated rings. The van der Waals surface area contributed by atoms with Crippen molar-refractivity contribution >= 4 is 23.4 Å². The predicted octanol–water partition coefficient (Wildman–Crippen LogP) is 4.11. The number of halogens is 1. The summed E-state index contributed by atoms with van der Waals surface area (Å²) in [5.41, 5.74) is 4.04. The van der Waals surface area contributed by atoms with Crippen LogP contribution < -0.4 is 10.7 Å². The molecule has 2 aliphatic rings. The number of nitrogens with one attached hydrogen (secondary N) is 2. The molecule has 2 N–H and O–H groups in total. The van der Waals surface area contributed by atoms with Gasteiger partial charge in [0, 0.05) is 48.7 Å². The van der Waals surface area contributed by atoms with E-state index in [9.17, 15) is 9.59 Å². The first-order chi connectivity index (χ1) is 17.5. The van der Waals surface area contributed by atoms with Crippen molar-refractivity contribution in [2.24, 2.45) is 5.92 Å². The van der Waals surface area contributed by atoms with Crippen molar-refractivity contribution in [3.63, 3.8) is 0 Å². The first-order valence-corrected chi connectivity index (χ1v) is 14.4. The molecule has 2 amide bonds. The molecule has 0 unspecified atom stereocenters. The normalized spacial score (nSPS) is 19.1. The van der Waals surface area contributed by atoms with E-state index in [1.54, 1.807) is 0 Å². The molecule has 37 heavy (non-hydrogen) atoms. The Bertz CT molecular complexity index is 856. The van der Waals surface area contributed by atoms with Crippen molar-refractivity contribution < 1.29 is 9.59 Å². The summed E-state index contributed by atoms with van der Waals surface area (Å²) in [6.45, 7) is 9.45. The minimum Gasteiger partial charge on any atom is -0.335 e. The zero-order valence-corrected chi connectivity index (χ0v) is 24.3. The first-order valence-electron chi connectivity index (χ1n) is 14.1. The van der Waals surface area contributed by atoms with E-state index in [2.05, 4.69) is 41.3 Å².